The van der Waals surface area contributed by atoms with Gasteiger partial charge < -0.3 is 4.74 Å². The van der Waals surface area contributed by atoms with Crippen LogP contribution in [0.25, 0.3) is 0 Å². The van der Waals surface area contributed by atoms with Gasteiger partial charge >= 0.3 is 5.97 Å². The third kappa shape index (κ3) is 6.83. The topological polar surface area (TPSA) is 60.4 Å². The van der Waals surface area contributed by atoms with Gasteiger partial charge in [-0.2, -0.15) is 0 Å². The number of carbonyl (C=O) groups excluding carboxylic acids is 3. The van der Waals surface area contributed by atoms with Crippen molar-refractivity contribution in [3.05, 3.63) is 24.3 Å². The molecule has 1 rings (SSSR count). The van der Waals surface area contributed by atoms with E-state index in [-0.39, 0.29) is 29.4 Å². The molecule has 122 valence electrons. The van der Waals surface area contributed by atoms with E-state index in [9.17, 15) is 14.4 Å². The molecule has 0 amide bonds. The molecule has 0 aromatic carbocycles. The highest BCUT2D eigenvalue weighted by Gasteiger charge is 2.27. The van der Waals surface area contributed by atoms with Crippen LogP contribution < -0.4 is 0 Å². The van der Waals surface area contributed by atoms with Gasteiger partial charge in [0.05, 0.1) is 6.61 Å². The van der Waals surface area contributed by atoms with Gasteiger partial charge in [-0.15, -0.1) is 0 Å². The summed E-state index contributed by atoms with van der Waals surface area (Å²) < 4.78 is 4.88. The van der Waals surface area contributed by atoms with E-state index in [0.717, 1.165) is 32.1 Å². The Morgan fingerprint density at radius 3 is 2.64 bits per heavy atom. The molecule has 4 heteroatoms. The number of hydrogen-bond acceptors (Lipinski definition) is 4. The van der Waals surface area contributed by atoms with Crippen LogP contribution in [-0.2, 0) is 19.1 Å². The molecule has 22 heavy (non-hydrogen) atoms. The Hall–Kier alpha value is -1.71. The van der Waals surface area contributed by atoms with Gasteiger partial charge in [-0.1, -0.05) is 31.4 Å². The summed E-state index contributed by atoms with van der Waals surface area (Å²) in [5, 5.41) is 0. The zero-order valence-electron chi connectivity index (χ0n) is 13.5. The lowest BCUT2D eigenvalue weighted by Gasteiger charge is -2.14. The van der Waals surface area contributed by atoms with Crippen molar-refractivity contribution in [2.45, 2.75) is 52.4 Å². The van der Waals surface area contributed by atoms with Crippen molar-refractivity contribution >= 4 is 17.5 Å². The quantitative estimate of drug-likeness (QED) is 0.352. The minimum atomic E-state index is -0.132. The first kappa shape index (κ1) is 18.3. The Bertz CT molecular complexity index is 448. The summed E-state index contributed by atoms with van der Waals surface area (Å²) in [5.74, 6) is 0.0545. The van der Waals surface area contributed by atoms with Gasteiger partial charge in [-0.25, -0.2) is 0 Å². The molecule has 0 radical (unpaired) electrons. The van der Waals surface area contributed by atoms with E-state index in [4.69, 9.17) is 4.74 Å². The summed E-state index contributed by atoms with van der Waals surface area (Å²) in [6.45, 7) is 3.75. The van der Waals surface area contributed by atoms with Gasteiger partial charge in [-0.05, 0) is 38.8 Å². The van der Waals surface area contributed by atoms with Crippen molar-refractivity contribution in [1.82, 2.24) is 0 Å². The number of carbonyl (C=O) groups is 3. The molecule has 0 aliphatic heterocycles. The molecule has 1 aliphatic rings. The van der Waals surface area contributed by atoms with E-state index in [1.165, 1.54) is 6.92 Å². The highest BCUT2D eigenvalue weighted by atomic mass is 16.5. The molecule has 0 saturated carbocycles. The van der Waals surface area contributed by atoms with E-state index in [2.05, 4.69) is 0 Å². The first-order chi connectivity index (χ1) is 10.5. The zero-order valence-corrected chi connectivity index (χ0v) is 13.5. The predicted octanol–water partition coefficient (Wildman–Crippen LogP) is 3.41. The van der Waals surface area contributed by atoms with Crippen LogP contribution in [0.2, 0.25) is 0 Å². The van der Waals surface area contributed by atoms with Gasteiger partial charge in [0.15, 0.2) is 11.6 Å². The minimum absolute atomic E-state index is 0.00506. The molecule has 0 spiro atoms. The Kier molecular flexibility index (Phi) is 8.41. The molecule has 0 heterocycles. The second-order valence-corrected chi connectivity index (χ2v) is 5.67. The summed E-state index contributed by atoms with van der Waals surface area (Å²) in [6, 6.07) is 0. The third-order valence-electron chi connectivity index (χ3n) is 3.82. The van der Waals surface area contributed by atoms with Gasteiger partial charge in [-0.3, -0.25) is 14.4 Å². The van der Waals surface area contributed by atoms with Crippen LogP contribution >= 0.6 is 0 Å². The van der Waals surface area contributed by atoms with Gasteiger partial charge in [0.25, 0.3) is 0 Å². The molecule has 4 nitrogen and oxygen atoms in total. The van der Waals surface area contributed by atoms with E-state index in [1.807, 2.05) is 19.1 Å². The predicted molar refractivity (Wildman–Crippen MR) is 85.3 cm³/mol. The molecule has 0 aromatic heterocycles. The van der Waals surface area contributed by atoms with E-state index in [0.29, 0.717) is 13.0 Å². The van der Waals surface area contributed by atoms with Crippen LogP contribution in [0, 0.1) is 11.8 Å². The van der Waals surface area contributed by atoms with E-state index >= 15 is 0 Å². The Balaban J connectivity index is 2.21. The molecule has 0 bridgehead atoms. The number of allylic oxidation sites excluding steroid dienone is 4. The molecule has 0 fully saturated rings. The fourth-order valence-corrected chi connectivity index (χ4v) is 2.65. The monoisotopic (exact) mass is 306 g/mol. The van der Waals surface area contributed by atoms with Crippen LogP contribution in [0.3, 0.4) is 0 Å². The normalized spacial score (nSPS) is 20.7. The summed E-state index contributed by atoms with van der Waals surface area (Å²) in [6.07, 6.45) is 12.0. The molecular weight excluding hydrogens is 280 g/mol. The van der Waals surface area contributed by atoms with Gasteiger partial charge in [0.2, 0.25) is 0 Å². The first-order valence-electron chi connectivity index (χ1n) is 8.11. The fourth-order valence-electron chi connectivity index (χ4n) is 2.65. The highest BCUT2D eigenvalue weighted by Crippen LogP contribution is 2.28. The van der Waals surface area contributed by atoms with Crippen molar-refractivity contribution in [2.24, 2.45) is 11.8 Å². The Labute approximate surface area is 132 Å². The lowest BCUT2D eigenvalue weighted by Crippen LogP contribution is -2.14. The molecule has 0 aromatic rings. The second kappa shape index (κ2) is 10.1. The molecular formula is C18H26O4. The van der Waals surface area contributed by atoms with Crippen LogP contribution in [0.5, 0.6) is 0 Å². The van der Waals surface area contributed by atoms with Crippen molar-refractivity contribution in [3.8, 4) is 0 Å². The average Bonchev–Trinajstić information content (AvgIpc) is 2.81. The first-order valence-corrected chi connectivity index (χ1v) is 8.11. The standard InChI is InChI=1S/C18H26O4/c1-3-22-18(21)9-7-5-4-6-8-16-15(11-10-14(2)19)12-13-17(16)20/h10-13,15-16H,3-9H2,1-2H3/b11-10+/t15-,16-/m0/s1. The van der Waals surface area contributed by atoms with Crippen molar-refractivity contribution in [1.29, 1.82) is 0 Å². The lowest BCUT2D eigenvalue weighted by molar-refractivity contribution is -0.143. The van der Waals surface area contributed by atoms with Crippen molar-refractivity contribution in [3.63, 3.8) is 0 Å². The number of esters is 1. The SMILES string of the molecule is CCOC(=O)CCCCCC[C@@H]1C(=O)C=C[C@@H]1/C=C/C(C)=O. The summed E-state index contributed by atoms with van der Waals surface area (Å²) >= 11 is 0. The summed E-state index contributed by atoms with van der Waals surface area (Å²) in [5.41, 5.74) is 0. The Morgan fingerprint density at radius 2 is 1.95 bits per heavy atom. The minimum Gasteiger partial charge on any atom is -0.466 e. The summed E-state index contributed by atoms with van der Waals surface area (Å²) in [7, 11) is 0. The molecule has 0 unspecified atom stereocenters. The summed E-state index contributed by atoms with van der Waals surface area (Å²) in [4.78, 5) is 34.0. The van der Waals surface area contributed by atoms with E-state index in [1.54, 1.807) is 12.2 Å². The number of ketones is 2. The largest absolute Gasteiger partial charge is 0.466 e. The molecule has 0 N–H and O–H groups in total. The van der Waals surface area contributed by atoms with Gasteiger partial charge in [0.1, 0.15) is 0 Å². The Morgan fingerprint density at radius 1 is 1.23 bits per heavy atom. The zero-order chi connectivity index (χ0) is 16.4. The maximum absolute atomic E-state index is 11.8. The molecule has 2 atom stereocenters. The number of rotatable bonds is 10. The maximum Gasteiger partial charge on any atom is 0.305 e. The van der Waals surface area contributed by atoms with Crippen LogP contribution in [0.1, 0.15) is 52.4 Å². The number of unbranched alkanes of at least 4 members (excludes halogenated alkanes) is 3. The molecule has 1 aliphatic carbocycles. The number of ether oxygens (including phenoxy) is 1. The fraction of sp³-hybridized carbons (Fsp3) is 0.611. The third-order valence-corrected chi connectivity index (χ3v) is 3.82. The highest BCUT2D eigenvalue weighted by molar-refractivity contribution is 5.95. The van der Waals surface area contributed by atoms with Crippen molar-refractivity contribution in [2.75, 3.05) is 6.61 Å². The molecule has 0 saturated heterocycles. The van der Waals surface area contributed by atoms with Crippen LogP contribution in [-0.4, -0.2) is 24.1 Å². The second-order valence-electron chi connectivity index (χ2n) is 5.67. The smallest absolute Gasteiger partial charge is 0.305 e. The van der Waals surface area contributed by atoms with Crippen LogP contribution in [0.4, 0.5) is 0 Å². The van der Waals surface area contributed by atoms with Crippen LogP contribution in [0.15, 0.2) is 24.3 Å². The van der Waals surface area contributed by atoms with E-state index < -0.39 is 0 Å². The van der Waals surface area contributed by atoms with Crippen molar-refractivity contribution < 1.29 is 19.1 Å². The maximum atomic E-state index is 11.8. The lowest BCUT2D eigenvalue weighted by atomic mass is 9.89. The van der Waals surface area contributed by atoms with Gasteiger partial charge in [0, 0.05) is 18.3 Å². The average molecular weight is 306 g/mol. The number of hydrogen-bond donors (Lipinski definition) is 0.